The minimum atomic E-state index is -1.39. The number of fused-ring (bicyclic) bond motifs is 1. The predicted molar refractivity (Wildman–Crippen MR) is 67.6 cm³/mol. The third kappa shape index (κ3) is 1.81. The van der Waals surface area contributed by atoms with Gasteiger partial charge in [-0.25, -0.2) is 0 Å². The molecule has 1 aliphatic carbocycles. The van der Waals surface area contributed by atoms with Gasteiger partial charge in [0.1, 0.15) is 0 Å². The molecule has 0 saturated carbocycles. The predicted octanol–water partition coefficient (Wildman–Crippen LogP) is 1.45. The Labute approximate surface area is 96.8 Å². The van der Waals surface area contributed by atoms with E-state index >= 15 is 0 Å². The van der Waals surface area contributed by atoms with Crippen molar-refractivity contribution in [2.45, 2.75) is 32.6 Å². The molecular formula is C13H17BO2. The Balaban J connectivity index is 2.58. The van der Waals surface area contributed by atoms with Crippen molar-refractivity contribution in [3.05, 3.63) is 35.4 Å². The van der Waals surface area contributed by atoms with Crippen molar-refractivity contribution in [2.75, 3.05) is 0 Å². The van der Waals surface area contributed by atoms with Crippen LogP contribution in [0.5, 0.6) is 0 Å². The van der Waals surface area contributed by atoms with Crippen molar-refractivity contribution < 1.29 is 10.0 Å². The standard InChI is InChI=1S/C13H17BO2/c1-9-6-7-13(2,3)12-5-4-10(14(15)16)8-11(9)12/h4-6,8,15-16H,7H2,1-3H3. The maximum Gasteiger partial charge on any atom is 0.488 e. The van der Waals surface area contributed by atoms with Crippen LogP contribution in [0.15, 0.2) is 24.3 Å². The average Bonchev–Trinajstić information content (AvgIpc) is 2.23. The van der Waals surface area contributed by atoms with Crippen LogP contribution in [-0.2, 0) is 5.41 Å². The first-order valence-corrected chi connectivity index (χ1v) is 5.59. The van der Waals surface area contributed by atoms with E-state index in [0.29, 0.717) is 5.46 Å². The van der Waals surface area contributed by atoms with Crippen molar-refractivity contribution in [1.29, 1.82) is 0 Å². The van der Waals surface area contributed by atoms with Crippen LogP contribution in [0.3, 0.4) is 0 Å². The molecule has 2 nitrogen and oxygen atoms in total. The topological polar surface area (TPSA) is 40.5 Å². The van der Waals surface area contributed by atoms with Crippen LogP contribution in [0.1, 0.15) is 38.3 Å². The molecule has 0 atom stereocenters. The van der Waals surface area contributed by atoms with E-state index in [9.17, 15) is 10.0 Å². The van der Waals surface area contributed by atoms with Crippen molar-refractivity contribution in [3.63, 3.8) is 0 Å². The highest BCUT2D eigenvalue weighted by molar-refractivity contribution is 6.58. The third-order valence-corrected chi connectivity index (χ3v) is 3.41. The monoisotopic (exact) mass is 216 g/mol. The van der Waals surface area contributed by atoms with Crippen LogP contribution >= 0.6 is 0 Å². The summed E-state index contributed by atoms with van der Waals surface area (Å²) < 4.78 is 0. The van der Waals surface area contributed by atoms with E-state index in [1.165, 1.54) is 11.1 Å². The van der Waals surface area contributed by atoms with E-state index in [-0.39, 0.29) is 5.41 Å². The van der Waals surface area contributed by atoms with Crippen LogP contribution in [0.2, 0.25) is 0 Å². The molecule has 1 aliphatic rings. The second-order valence-electron chi connectivity index (χ2n) is 5.15. The lowest BCUT2D eigenvalue weighted by atomic mass is 9.70. The molecule has 0 unspecified atom stereocenters. The minimum Gasteiger partial charge on any atom is -0.423 e. The van der Waals surface area contributed by atoms with Crippen molar-refractivity contribution in [1.82, 2.24) is 0 Å². The van der Waals surface area contributed by atoms with Gasteiger partial charge in [-0.1, -0.05) is 38.1 Å². The third-order valence-electron chi connectivity index (χ3n) is 3.41. The van der Waals surface area contributed by atoms with Crippen LogP contribution in [-0.4, -0.2) is 17.2 Å². The summed E-state index contributed by atoms with van der Waals surface area (Å²) in [5.41, 5.74) is 4.34. The van der Waals surface area contributed by atoms with Crippen molar-refractivity contribution in [3.8, 4) is 0 Å². The van der Waals surface area contributed by atoms with Gasteiger partial charge in [-0.05, 0) is 40.9 Å². The molecule has 1 aromatic carbocycles. The van der Waals surface area contributed by atoms with E-state index in [0.717, 1.165) is 12.0 Å². The molecule has 0 fully saturated rings. The van der Waals surface area contributed by atoms with E-state index in [1.54, 1.807) is 6.07 Å². The van der Waals surface area contributed by atoms with E-state index in [2.05, 4.69) is 26.8 Å². The summed E-state index contributed by atoms with van der Waals surface area (Å²) in [6.07, 6.45) is 3.25. The van der Waals surface area contributed by atoms with Gasteiger partial charge in [0.15, 0.2) is 0 Å². The molecule has 0 spiro atoms. The number of allylic oxidation sites excluding steroid dienone is 2. The molecule has 0 bridgehead atoms. The van der Waals surface area contributed by atoms with Crippen molar-refractivity contribution >= 4 is 18.2 Å². The molecule has 0 amide bonds. The molecule has 0 aliphatic heterocycles. The molecule has 16 heavy (non-hydrogen) atoms. The lowest BCUT2D eigenvalue weighted by Crippen LogP contribution is -2.32. The maximum absolute atomic E-state index is 9.18. The zero-order valence-electron chi connectivity index (χ0n) is 9.99. The SMILES string of the molecule is CC1=CCC(C)(C)c2ccc(B(O)O)cc21. The summed E-state index contributed by atoms with van der Waals surface area (Å²) in [6.45, 7) is 6.50. The van der Waals surface area contributed by atoms with Gasteiger partial charge in [0.05, 0.1) is 0 Å². The Morgan fingerprint density at radius 1 is 1.25 bits per heavy atom. The quantitative estimate of drug-likeness (QED) is 0.697. The van der Waals surface area contributed by atoms with Crippen molar-refractivity contribution in [2.24, 2.45) is 0 Å². The summed E-state index contributed by atoms with van der Waals surface area (Å²) in [7, 11) is -1.39. The van der Waals surface area contributed by atoms with Gasteiger partial charge >= 0.3 is 7.12 Å². The largest absolute Gasteiger partial charge is 0.488 e. The fourth-order valence-electron chi connectivity index (χ4n) is 2.27. The second-order valence-corrected chi connectivity index (χ2v) is 5.15. The normalized spacial score (nSPS) is 17.7. The summed E-state index contributed by atoms with van der Waals surface area (Å²) >= 11 is 0. The lowest BCUT2D eigenvalue weighted by Gasteiger charge is -2.31. The maximum atomic E-state index is 9.18. The highest BCUT2D eigenvalue weighted by atomic mass is 16.4. The molecule has 84 valence electrons. The Morgan fingerprint density at radius 3 is 2.56 bits per heavy atom. The lowest BCUT2D eigenvalue weighted by molar-refractivity contribution is 0.425. The summed E-state index contributed by atoms with van der Waals surface area (Å²) in [6, 6.07) is 5.69. The molecule has 0 aromatic heterocycles. The fourth-order valence-corrected chi connectivity index (χ4v) is 2.27. The van der Waals surface area contributed by atoms with E-state index < -0.39 is 7.12 Å². The summed E-state index contributed by atoms with van der Waals surface area (Å²) in [5.74, 6) is 0. The second kappa shape index (κ2) is 3.76. The highest BCUT2D eigenvalue weighted by Gasteiger charge is 2.27. The fraction of sp³-hybridized carbons (Fsp3) is 0.385. The number of rotatable bonds is 1. The first-order valence-electron chi connectivity index (χ1n) is 5.59. The molecule has 0 heterocycles. The van der Waals surface area contributed by atoms with Gasteiger partial charge in [0.2, 0.25) is 0 Å². The first kappa shape index (κ1) is 11.4. The van der Waals surface area contributed by atoms with Gasteiger partial charge in [0.25, 0.3) is 0 Å². The summed E-state index contributed by atoms with van der Waals surface area (Å²) in [4.78, 5) is 0. The zero-order valence-corrected chi connectivity index (χ0v) is 9.99. The minimum absolute atomic E-state index is 0.133. The van der Waals surface area contributed by atoms with Gasteiger partial charge in [-0.3, -0.25) is 0 Å². The number of benzene rings is 1. The molecule has 0 saturated heterocycles. The molecule has 0 radical (unpaired) electrons. The van der Waals surface area contributed by atoms with Crippen LogP contribution in [0, 0.1) is 0 Å². The Kier molecular flexibility index (Phi) is 2.68. The molecule has 2 N–H and O–H groups in total. The van der Waals surface area contributed by atoms with Gasteiger partial charge in [-0.15, -0.1) is 0 Å². The number of hydrogen-bond acceptors (Lipinski definition) is 2. The smallest absolute Gasteiger partial charge is 0.423 e. The average molecular weight is 216 g/mol. The van der Waals surface area contributed by atoms with Crippen LogP contribution < -0.4 is 5.46 Å². The van der Waals surface area contributed by atoms with Crippen LogP contribution in [0.25, 0.3) is 5.57 Å². The summed E-state index contributed by atoms with van der Waals surface area (Å²) in [5, 5.41) is 18.4. The highest BCUT2D eigenvalue weighted by Crippen LogP contribution is 2.37. The molecule has 3 heteroatoms. The van der Waals surface area contributed by atoms with E-state index in [1.807, 2.05) is 12.1 Å². The Hall–Kier alpha value is -1.06. The molecule has 2 rings (SSSR count). The van der Waals surface area contributed by atoms with Crippen LogP contribution in [0.4, 0.5) is 0 Å². The first-order chi connectivity index (χ1) is 7.42. The van der Waals surface area contributed by atoms with Gasteiger partial charge < -0.3 is 10.0 Å². The zero-order chi connectivity index (χ0) is 11.9. The van der Waals surface area contributed by atoms with E-state index in [4.69, 9.17) is 0 Å². The van der Waals surface area contributed by atoms with Gasteiger partial charge in [0, 0.05) is 0 Å². The Morgan fingerprint density at radius 2 is 1.94 bits per heavy atom. The number of hydrogen-bond donors (Lipinski definition) is 2. The molecular weight excluding hydrogens is 199 g/mol. The van der Waals surface area contributed by atoms with Gasteiger partial charge in [-0.2, -0.15) is 0 Å². The Bertz CT molecular complexity index is 447. The molecule has 1 aromatic rings.